The third-order valence-corrected chi connectivity index (χ3v) is 5.84. The van der Waals surface area contributed by atoms with Gasteiger partial charge < -0.3 is 14.9 Å². The molecule has 0 unspecified atom stereocenters. The van der Waals surface area contributed by atoms with Crippen molar-refractivity contribution in [1.29, 1.82) is 0 Å². The van der Waals surface area contributed by atoms with E-state index >= 15 is 0 Å². The Labute approximate surface area is 113 Å². The first kappa shape index (κ1) is 13.1. The Morgan fingerprint density at radius 3 is 2.74 bits per heavy atom. The lowest BCUT2D eigenvalue weighted by Crippen LogP contribution is -2.48. The quantitative estimate of drug-likeness (QED) is 0.512. The van der Waals surface area contributed by atoms with Crippen molar-refractivity contribution in [2.45, 2.75) is 51.4 Å². The van der Waals surface area contributed by atoms with Crippen LogP contribution in [0.2, 0.25) is 0 Å². The summed E-state index contributed by atoms with van der Waals surface area (Å²) in [5, 5.41) is 20.5. The minimum absolute atomic E-state index is 0.00935. The molecule has 2 N–H and O–H groups in total. The summed E-state index contributed by atoms with van der Waals surface area (Å²) in [6.45, 7) is 7.99. The molecule has 3 fully saturated rings. The topological polar surface area (TPSA) is 66.8 Å². The molecule has 3 rings (SSSR count). The highest BCUT2D eigenvalue weighted by atomic mass is 16.6. The molecule has 1 aliphatic heterocycles. The highest BCUT2D eigenvalue weighted by Gasteiger charge is 2.63. The van der Waals surface area contributed by atoms with Crippen LogP contribution in [0.15, 0.2) is 12.2 Å². The summed E-state index contributed by atoms with van der Waals surface area (Å²) in [6, 6.07) is 0. The van der Waals surface area contributed by atoms with E-state index in [4.69, 9.17) is 4.74 Å². The van der Waals surface area contributed by atoms with Crippen LogP contribution in [0.5, 0.6) is 0 Å². The van der Waals surface area contributed by atoms with Crippen LogP contribution in [-0.2, 0) is 9.53 Å². The van der Waals surface area contributed by atoms with Gasteiger partial charge in [0, 0.05) is 16.9 Å². The first-order valence-corrected chi connectivity index (χ1v) is 7.13. The molecule has 0 aromatic heterocycles. The van der Waals surface area contributed by atoms with Gasteiger partial charge in [-0.15, -0.1) is 0 Å². The van der Waals surface area contributed by atoms with E-state index in [-0.39, 0.29) is 23.9 Å². The van der Waals surface area contributed by atoms with Gasteiger partial charge in [0.15, 0.2) is 0 Å². The molecule has 0 spiro atoms. The van der Waals surface area contributed by atoms with Crippen LogP contribution in [0.4, 0.5) is 0 Å². The molecule has 4 heteroatoms. The summed E-state index contributed by atoms with van der Waals surface area (Å²) in [5.41, 5.74) is -0.0255. The van der Waals surface area contributed by atoms with Gasteiger partial charge in [-0.05, 0) is 31.1 Å². The Morgan fingerprint density at radius 1 is 1.37 bits per heavy atom. The van der Waals surface area contributed by atoms with Gasteiger partial charge in [0.25, 0.3) is 0 Å². The van der Waals surface area contributed by atoms with Gasteiger partial charge in [0.1, 0.15) is 6.10 Å². The molecule has 7 atom stereocenters. The molecule has 19 heavy (non-hydrogen) atoms. The minimum atomic E-state index is -0.829. The fourth-order valence-electron chi connectivity index (χ4n) is 4.64. The predicted octanol–water partition coefficient (Wildman–Crippen LogP) is 1.26. The summed E-state index contributed by atoms with van der Waals surface area (Å²) in [4.78, 5) is 11.8. The molecular formula is C15H22O4. The molecule has 0 bridgehead atoms. The third-order valence-electron chi connectivity index (χ3n) is 5.84. The fraction of sp³-hybridized carbons (Fsp3) is 0.800. The van der Waals surface area contributed by atoms with Gasteiger partial charge in [0.05, 0.1) is 12.2 Å². The van der Waals surface area contributed by atoms with Gasteiger partial charge >= 0.3 is 5.97 Å². The monoisotopic (exact) mass is 266 g/mol. The first-order chi connectivity index (χ1) is 8.87. The molecule has 2 saturated carbocycles. The van der Waals surface area contributed by atoms with E-state index in [0.29, 0.717) is 17.9 Å². The SMILES string of the molecule is C=C1C(=O)O[C@H]2[C@H]1CC[C@H](C)[C@@H]1C[C@@H](O)[C@@H](O)[C@]12C. The average Bonchev–Trinajstić information content (AvgIpc) is 2.74. The standard InChI is InChI=1S/C15H22O4/c1-7-4-5-9-8(2)14(18)19-13(9)15(3)10(7)6-11(16)12(15)17/h7,9-13,16-17H,2,4-6H2,1,3H3/t7-,9-,10-,11+,12+,13-,15-/m0/s1. The number of hydrogen-bond acceptors (Lipinski definition) is 4. The number of esters is 1. The van der Waals surface area contributed by atoms with E-state index in [0.717, 1.165) is 12.8 Å². The molecule has 1 saturated heterocycles. The first-order valence-electron chi connectivity index (χ1n) is 7.13. The van der Waals surface area contributed by atoms with Crippen LogP contribution >= 0.6 is 0 Å². The van der Waals surface area contributed by atoms with Crippen LogP contribution < -0.4 is 0 Å². The molecular weight excluding hydrogens is 244 g/mol. The van der Waals surface area contributed by atoms with Crippen molar-refractivity contribution in [3.8, 4) is 0 Å². The van der Waals surface area contributed by atoms with Crippen LogP contribution in [0, 0.1) is 23.2 Å². The summed E-state index contributed by atoms with van der Waals surface area (Å²) in [6.07, 6.45) is 0.566. The molecule has 0 aromatic carbocycles. The molecule has 1 heterocycles. The van der Waals surface area contributed by atoms with Crippen LogP contribution in [0.25, 0.3) is 0 Å². The van der Waals surface area contributed by atoms with Crippen LogP contribution in [-0.4, -0.2) is 34.5 Å². The average molecular weight is 266 g/mol. The maximum Gasteiger partial charge on any atom is 0.334 e. The maximum atomic E-state index is 11.8. The lowest BCUT2D eigenvalue weighted by atomic mass is 9.68. The Bertz CT molecular complexity index is 432. The minimum Gasteiger partial charge on any atom is -0.458 e. The zero-order valence-corrected chi connectivity index (χ0v) is 11.5. The van der Waals surface area contributed by atoms with Gasteiger partial charge in [-0.25, -0.2) is 4.79 Å². The van der Waals surface area contributed by atoms with Gasteiger partial charge in [0.2, 0.25) is 0 Å². The van der Waals surface area contributed by atoms with Gasteiger partial charge in [-0.3, -0.25) is 0 Å². The second-order valence-electron chi connectivity index (χ2n) is 6.73. The number of carbonyl (C=O) groups is 1. The largest absolute Gasteiger partial charge is 0.458 e. The van der Waals surface area contributed by atoms with E-state index in [1.807, 2.05) is 6.92 Å². The number of ether oxygens (including phenoxy) is 1. The smallest absolute Gasteiger partial charge is 0.334 e. The second-order valence-corrected chi connectivity index (χ2v) is 6.73. The number of aliphatic hydroxyl groups is 2. The van der Waals surface area contributed by atoms with Crippen molar-refractivity contribution in [1.82, 2.24) is 0 Å². The lowest BCUT2D eigenvalue weighted by Gasteiger charge is -2.40. The highest BCUT2D eigenvalue weighted by Crippen LogP contribution is 2.58. The third kappa shape index (κ3) is 1.56. The molecule has 106 valence electrons. The van der Waals surface area contributed by atoms with E-state index in [1.165, 1.54) is 0 Å². The van der Waals surface area contributed by atoms with Crippen molar-refractivity contribution < 1.29 is 19.7 Å². The van der Waals surface area contributed by atoms with Crippen molar-refractivity contribution >= 4 is 5.97 Å². The molecule has 0 aromatic rings. The zero-order chi connectivity index (χ0) is 13.9. The van der Waals surface area contributed by atoms with E-state index < -0.39 is 17.6 Å². The van der Waals surface area contributed by atoms with Crippen LogP contribution in [0.3, 0.4) is 0 Å². The number of fused-ring (bicyclic) bond motifs is 3. The zero-order valence-electron chi connectivity index (χ0n) is 11.5. The van der Waals surface area contributed by atoms with E-state index in [9.17, 15) is 15.0 Å². The number of hydrogen-bond donors (Lipinski definition) is 2. The Morgan fingerprint density at radius 2 is 2.05 bits per heavy atom. The number of rotatable bonds is 0. The van der Waals surface area contributed by atoms with Crippen molar-refractivity contribution in [3.05, 3.63) is 12.2 Å². The van der Waals surface area contributed by atoms with Crippen LogP contribution in [0.1, 0.15) is 33.1 Å². The van der Waals surface area contributed by atoms with Crippen molar-refractivity contribution in [2.75, 3.05) is 0 Å². The summed E-state index contributed by atoms with van der Waals surface area (Å²) >= 11 is 0. The van der Waals surface area contributed by atoms with Crippen molar-refractivity contribution in [3.63, 3.8) is 0 Å². The van der Waals surface area contributed by atoms with E-state index in [2.05, 4.69) is 13.5 Å². The van der Waals surface area contributed by atoms with Gasteiger partial charge in [-0.2, -0.15) is 0 Å². The number of carbonyl (C=O) groups excluding carboxylic acids is 1. The maximum absolute atomic E-state index is 11.8. The summed E-state index contributed by atoms with van der Waals surface area (Å²) in [7, 11) is 0. The summed E-state index contributed by atoms with van der Waals surface area (Å²) in [5.74, 6) is 0.253. The van der Waals surface area contributed by atoms with Gasteiger partial charge in [-0.1, -0.05) is 20.4 Å². The molecule has 0 amide bonds. The van der Waals surface area contributed by atoms with E-state index in [1.54, 1.807) is 0 Å². The predicted molar refractivity (Wildman–Crippen MR) is 69.1 cm³/mol. The Hall–Kier alpha value is -0.870. The number of aliphatic hydroxyl groups excluding tert-OH is 2. The summed E-state index contributed by atoms with van der Waals surface area (Å²) < 4.78 is 5.53. The fourth-order valence-corrected chi connectivity index (χ4v) is 4.64. The molecule has 2 aliphatic carbocycles. The normalized spacial score (nSPS) is 53.5. The Balaban J connectivity index is 2.06. The van der Waals surface area contributed by atoms with Crippen molar-refractivity contribution in [2.24, 2.45) is 23.2 Å². The lowest BCUT2D eigenvalue weighted by molar-refractivity contribution is -0.154. The molecule has 0 radical (unpaired) electrons. The molecule has 4 nitrogen and oxygen atoms in total. The highest BCUT2D eigenvalue weighted by molar-refractivity contribution is 5.91. The molecule has 3 aliphatic rings. The second kappa shape index (κ2) is 4.06. The Kier molecular flexibility index (Phi) is 2.81.